The Labute approximate surface area is 350 Å². The number of nitrogens with zero attached hydrogens (tertiary/aromatic N) is 5. The van der Waals surface area contributed by atoms with Crippen LogP contribution in [0.5, 0.6) is 0 Å². The van der Waals surface area contributed by atoms with E-state index in [9.17, 15) is 5.26 Å². The minimum atomic E-state index is -0.0340. The van der Waals surface area contributed by atoms with Crippen LogP contribution in [0.3, 0.4) is 0 Å². The lowest BCUT2D eigenvalue weighted by Crippen LogP contribution is -2.10. The molecule has 0 saturated heterocycles. The molecule has 3 heterocycles. The summed E-state index contributed by atoms with van der Waals surface area (Å²) in [5.74, 6) is 0.573. The van der Waals surface area contributed by atoms with Gasteiger partial charge in [0.15, 0.2) is 5.82 Å². The van der Waals surface area contributed by atoms with Crippen LogP contribution in [0, 0.1) is 11.3 Å². The van der Waals surface area contributed by atoms with E-state index in [4.69, 9.17) is 9.97 Å². The van der Waals surface area contributed by atoms with Crippen molar-refractivity contribution in [3.8, 4) is 51.3 Å². The molecule has 7 aromatic carbocycles. The zero-order chi connectivity index (χ0) is 41.3. The minimum Gasteiger partial charge on any atom is -0.308 e. The average molecular weight is 776 g/mol. The lowest BCUT2D eigenvalue weighted by Gasteiger charge is -2.21. The normalized spacial score (nSPS) is 12.2. The Hall–Kier alpha value is -7.29. The van der Waals surface area contributed by atoms with Crippen LogP contribution < -0.4 is 0 Å². The molecule has 290 valence electrons. The largest absolute Gasteiger partial charge is 0.308 e. The molecule has 10 aromatic rings. The molecule has 10 rings (SSSR count). The van der Waals surface area contributed by atoms with E-state index in [1.807, 2.05) is 36.4 Å². The van der Waals surface area contributed by atoms with E-state index in [0.717, 1.165) is 83.1 Å². The number of para-hydroxylation sites is 2. The third-order valence-electron chi connectivity index (χ3n) is 11.9. The van der Waals surface area contributed by atoms with Crippen LogP contribution in [0.4, 0.5) is 0 Å². The maximum atomic E-state index is 11.2. The van der Waals surface area contributed by atoms with Gasteiger partial charge < -0.3 is 9.13 Å². The Morgan fingerprint density at radius 3 is 1.33 bits per heavy atom. The molecule has 0 amide bonds. The molecular formula is C55H45N5. The van der Waals surface area contributed by atoms with Gasteiger partial charge in [0.1, 0.15) is 6.07 Å². The number of nitriles is 1. The van der Waals surface area contributed by atoms with Crippen LogP contribution in [0.1, 0.15) is 58.2 Å². The summed E-state index contributed by atoms with van der Waals surface area (Å²) in [5.41, 5.74) is 13.2. The molecule has 3 aromatic heterocycles. The third kappa shape index (κ3) is 6.15. The Morgan fingerprint density at radius 2 is 0.867 bits per heavy atom. The van der Waals surface area contributed by atoms with Gasteiger partial charge in [-0.3, -0.25) is 0 Å². The van der Waals surface area contributed by atoms with Gasteiger partial charge in [0.05, 0.1) is 50.4 Å². The molecule has 60 heavy (non-hydrogen) atoms. The Balaban J connectivity index is 1.35. The molecule has 0 bridgehead atoms. The second kappa shape index (κ2) is 13.9. The molecule has 0 aliphatic rings. The number of aromatic nitrogens is 4. The zero-order valence-electron chi connectivity index (χ0n) is 34.8. The second-order valence-corrected chi connectivity index (χ2v) is 17.9. The lowest BCUT2D eigenvalue weighted by atomic mass is 9.86. The predicted molar refractivity (Wildman–Crippen MR) is 249 cm³/mol. The SMILES string of the molecule is CC(C)(C)c1ccc2c(c1)c1ccccc1n2-c1cc(-c2nc(-c3ccccc3)cc(-c3ccccc3)n2)c(-n2c3ccccc3c3cc(C(C)(C)C)ccc32)cc1C#N. The van der Waals surface area contributed by atoms with Gasteiger partial charge in [0, 0.05) is 38.2 Å². The smallest absolute Gasteiger partial charge is 0.162 e. The quantitative estimate of drug-likeness (QED) is 0.175. The van der Waals surface area contributed by atoms with E-state index in [-0.39, 0.29) is 10.8 Å². The summed E-state index contributed by atoms with van der Waals surface area (Å²) < 4.78 is 4.56. The summed E-state index contributed by atoms with van der Waals surface area (Å²) in [4.78, 5) is 10.8. The predicted octanol–water partition coefficient (Wildman–Crippen LogP) is 14.1. The number of rotatable bonds is 5. The van der Waals surface area contributed by atoms with Crippen LogP contribution in [0.2, 0.25) is 0 Å². The Bertz CT molecular complexity index is 3270. The van der Waals surface area contributed by atoms with Gasteiger partial charge in [-0.25, -0.2) is 9.97 Å². The monoisotopic (exact) mass is 775 g/mol. The van der Waals surface area contributed by atoms with E-state index in [0.29, 0.717) is 11.4 Å². The molecular weight excluding hydrogens is 731 g/mol. The minimum absolute atomic E-state index is 0.0302. The molecule has 0 atom stereocenters. The van der Waals surface area contributed by atoms with Crippen molar-refractivity contribution >= 4 is 43.6 Å². The highest BCUT2D eigenvalue weighted by Gasteiger charge is 2.25. The molecule has 5 heteroatoms. The summed E-state index contributed by atoms with van der Waals surface area (Å²) in [7, 11) is 0. The molecule has 0 N–H and O–H groups in total. The zero-order valence-corrected chi connectivity index (χ0v) is 34.8. The fourth-order valence-corrected chi connectivity index (χ4v) is 8.69. The highest BCUT2D eigenvalue weighted by molar-refractivity contribution is 6.11. The van der Waals surface area contributed by atoms with Crippen molar-refractivity contribution in [1.29, 1.82) is 5.26 Å². The van der Waals surface area contributed by atoms with E-state index in [1.165, 1.54) is 11.1 Å². The van der Waals surface area contributed by atoms with E-state index in [1.54, 1.807) is 0 Å². The van der Waals surface area contributed by atoms with Gasteiger partial charge in [0.2, 0.25) is 0 Å². The van der Waals surface area contributed by atoms with E-state index >= 15 is 0 Å². The molecule has 0 unspecified atom stereocenters. The van der Waals surface area contributed by atoms with Gasteiger partial charge in [-0.2, -0.15) is 5.26 Å². The molecule has 0 aliphatic carbocycles. The lowest BCUT2D eigenvalue weighted by molar-refractivity contribution is 0.591. The van der Waals surface area contributed by atoms with Crippen LogP contribution in [-0.4, -0.2) is 19.1 Å². The summed E-state index contributed by atoms with van der Waals surface area (Å²) in [6.07, 6.45) is 0. The molecule has 0 radical (unpaired) electrons. The first kappa shape index (κ1) is 37.0. The standard InChI is InChI=1S/C55H45N5/c1-54(2,3)38-25-27-49-42(30-38)40-21-13-15-23-47(40)59(49)51-32-44(53-57-45(35-17-9-7-10-18-35)33-46(58-53)36-19-11-8-12-20-36)52(29-37(51)34-56)60-48-24-16-14-22-41(48)43-31-39(55(4,5)6)26-28-50(43)60/h7-33H,1-6H3. The summed E-state index contributed by atoms with van der Waals surface area (Å²) in [6, 6.07) is 60.2. The van der Waals surface area contributed by atoms with Crippen molar-refractivity contribution in [3.05, 3.63) is 180 Å². The fraction of sp³-hybridized carbons (Fsp3) is 0.145. The number of hydrogen-bond donors (Lipinski definition) is 0. The molecule has 0 spiro atoms. The van der Waals surface area contributed by atoms with Crippen molar-refractivity contribution in [2.45, 2.75) is 52.4 Å². The molecule has 0 saturated carbocycles. The van der Waals surface area contributed by atoms with Crippen LogP contribution in [0.25, 0.3) is 88.9 Å². The Morgan fingerprint density at radius 1 is 0.433 bits per heavy atom. The van der Waals surface area contributed by atoms with Crippen LogP contribution in [0.15, 0.2) is 164 Å². The highest BCUT2D eigenvalue weighted by Crippen LogP contribution is 2.42. The van der Waals surface area contributed by atoms with E-state index in [2.05, 4.69) is 184 Å². The van der Waals surface area contributed by atoms with Crippen molar-refractivity contribution in [3.63, 3.8) is 0 Å². The average Bonchev–Trinajstić information content (AvgIpc) is 3.78. The highest BCUT2D eigenvalue weighted by atomic mass is 15.0. The number of benzene rings is 7. The van der Waals surface area contributed by atoms with Gasteiger partial charge in [0.25, 0.3) is 0 Å². The van der Waals surface area contributed by atoms with Gasteiger partial charge in [-0.1, -0.05) is 151 Å². The van der Waals surface area contributed by atoms with Crippen molar-refractivity contribution in [2.24, 2.45) is 0 Å². The second-order valence-electron chi connectivity index (χ2n) is 17.9. The first-order chi connectivity index (χ1) is 29.0. The first-order valence-electron chi connectivity index (χ1n) is 20.6. The van der Waals surface area contributed by atoms with Crippen LogP contribution in [-0.2, 0) is 10.8 Å². The van der Waals surface area contributed by atoms with Crippen molar-refractivity contribution < 1.29 is 0 Å². The van der Waals surface area contributed by atoms with Gasteiger partial charge in [-0.15, -0.1) is 0 Å². The summed E-state index contributed by atoms with van der Waals surface area (Å²) >= 11 is 0. The van der Waals surface area contributed by atoms with Crippen molar-refractivity contribution in [1.82, 2.24) is 19.1 Å². The maximum Gasteiger partial charge on any atom is 0.162 e. The maximum absolute atomic E-state index is 11.2. The molecule has 5 nitrogen and oxygen atoms in total. The fourth-order valence-electron chi connectivity index (χ4n) is 8.69. The Kier molecular flexibility index (Phi) is 8.59. The van der Waals surface area contributed by atoms with E-state index < -0.39 is 0 Å². The van der Waals surface area contributed by atoms with Crippen molar-refractivity contribution in [2.75, 3.05) is 0 Å². The molecule has 0 fully saturated rings. The first-order valence-corrected chi connectivity index (χ1v) is 20.6. The number of hydrogen-bond acceptors (Lipinski definition) is 3. The topological polar surface area (TPSA) is 59.4 Å². The third-order valence-corrected chi connectivity index (χ3v) is 11.9. The summed E-state index contributed by atoms with van der Waals surface area (Å²) in [5, 5.41) is 15.8. The number of fused-ring (bicyclic) bond motifs is 6. The van der Waals surface area contributed by atoms with Gasteiger partial charge in [-0.05, 0) is 76.6 Å². The molecule has 0 aliphatic heterocycles. The summed E-state index contributed by atoms with van der Waals surface area (Å²) in [6.45, 7) is 13.5. The van der Waals surface area contributed by atoms with Crippen LogP contribution >= 0.6 is 0 Å². The van der Waals surface area contributed by atoms with Gasteiger partial charge >= 0.3 is 0 Å².